The molecule has 0 radical (unpaired) electrons. The van der Waals surface area contributed by atoms with E-state index in [0.29, 0.717) is 20.6 Å². The Hall–Kier alpha value is -1.19. The highest BCUT2D eigenvalue weighted by Gasteiger charge is 2.10. The second-order valence-electron chi connectivity index (χ2n) is 3.84. The third-order valence-electron chi connectivity index (χ3n) is 2.53. The number of benzene rings is 2. The van der Waals surface area contributed by atoms with Crippen LogP contribution in [0.3, 0.4) is 0 Å². The number of carbonyl (C=O) groups excluding carboxylic acids is 1. The van der Waals surface area contributed by atoms with Gasteiger partial charge in [-0.05, 0) is 42.0 Å². The highest BCUT2D eigenvalue weighted by molar-refractivity contribution is 9.10. The van der Waals surface area contributed by atoms with E-state index >= 15 is 0 Å². The summed E-state index contributed by atoms with van der Waals surface area (Å²) in [7, 11) is 0. The second-order valence-corrected chi connectivity index (χ2v) is 5.19. The molecule has 4 heteroatoms. The minimum atomic E-state index is -0.383. The van der Waals surface area contributed by atoms with Crippen molar-refractivity contribution in [1.82, 2.24) is 0 Å². The molecule has 0 bridgehead atoms. The zero-order chi connectivity index (χ0) is 13.1. The summed E-state index contributed by atoms with van der Waals surface area (Å²) < 4.78 is 14.2. The van der Waals surface area contributed by atoms with Crippen molar-refractivity contribution in [3.63, 3.8) is 0 Å². The number of hydrogen-bond acceptors (Lipinski definition) is 1. The Morgan fingerprint density at radius 3 is 2.44 bits per heavy atom. The van der Waals surface area contributed by atoms with Gasteiger partial charge in [-0.1, -0.05) is 33.6 Å². The van der Waals surface area contributed by atoms with Crippen molar-refractivity contribution in [1.29, 1.82) is 0 Å². The molecule has 0 aliphatic heterocycles. The summed E-state index contributed by atoms with van der Waals surface area (Å²) >= 11 is 8.92. The Morgan fingerprint density at radius 1 is 1.17 bits per heavy atom. The summed E-state index contributed by atoms with van der Waals surface area (Å²) in [5, 5.41) is 0.571. The molecule has 0 atom stereocenters. The van der Waals surface area contributed by atoms with E-state index in [1.54, 1.807) is 36.4 Å². The molecule has 18 heavy (non-hydrogen) atoms. The average Bonchev–Trinajstić information content (AvgIpc) is 2.33. The van der Waals surface area contributed by atoms with Gasteiger partial charge in [0.15, 0.2) is 5.78 Å². The summed E-state index contributed by atoms with van der Waals surface area (Å²) in [6.07, 6.45) is 0.0424. The Labute approximate surface area is 118 Å². The third kappa shape index (κ3) is 3.18. The SMILES string of the molecule is O=C(Cc1ccc(Br)cc1F)c1ccc(Cl)cc1. The average molecular weight is 328 g/mol. The third-order valence-corrected chi connectivity index (χ3v) is 3.28. The van der Waals surface area contributed by atoms with Crippen LogP contribution in [0.15, 0.2) is 46.9 Å². The maximum absolute atomic E-state index is 13.6. The first kappa shape index (κ1) is 13.2. The highest BCUT2D eigenvalue weighted by atomic mass is 79.9. The topological polar surface area (TPSA) is 17.1 Å². The van der Waals surface area contributed by atoms with E-state index in [9.17, 15) is 9.18 Å². The Bertz CT molecular complexity index is 581. The number of ketones is 1. The van der Waals surface area contributed by atoms with Gasteiger partial charge in [-0.3, -0.25) is 4.79 Å². The van der Waals surface area contributed by atoms with Crippen LogP contribution in [0.25, 0.3) is 0 Å². The fourth-order valence-electron chi connectivity index (χ4n) is 1.58. The molecule has 0 unspecified atom stereocenters. The van der Waals surface area contributed by atoms with Gasteiger partial charge in [0.2, 0.25) is 0 Å². The van der Waals surface area contributed by atoms with E-state index in [-0.39, 0.29) is 18.0 Å². The predicted octanol–water partition coefficient (Wildman–Crippen LogP) is 4.67. The lowest BCUT2D eigenvalue weighted by Crippen LogP contribution is -2.05. The van der Waals surface area contributed by atoms with Gasteiger partial charge in [0, 0.05) is 21.5 Å². The van der Waals surface area contributed by atoms with Crippen molar-refractivity contribution in [2.45, 2.75) is 6.42 Å². The number of hydrogen-bond donors (Lipinski definition) is 0. The van der Waals surface area contributed by atoms with Crippen LogP contribution in [0.5, 0.6) is 0 Å². The van der Waals surface area contributed by atoms with Gasteiger partial charge < -0.3 is 0 Å². The number of Topliss-reactive ketones (excluding diaryl/α,β-unsaturated/α-hetero) is 1. The van der Waals surface area contributed by atoms with E-state index in [1.165, 1.54) is 6.07 Å². The number of rotatable bonds is 3. The first-order valence-electron chi connectivity index (χ1n) is 5.29. The monoisotopic (exact) mass is 326 g/mol. The molecule has 1 nitrogen and oxygen atoms in total. The van der Waals surface area contributed by atoms with Gasteiger partial charge in [-0.25, -0.2) is 4.39 Å². The van der Waals surface area contributed by atoms with Crippen molar-refractivity contribution in [2.75, 3.05) is 0 Å². The standard InChI is InChI=1S/C14H9BrClFO/c15-11-4-1-10(13(17)8-11)7-14(18)9-2-5-12(16)6-3-9/h1-6,8H,7H2. The number of halogens is 3. The van der Waals surface area contributed by atoms with Gasteiger partial charge in [-0.2, -0.15) is 0 Å². The summed E-state index contributed by atoms with van der Waals surface area (Å²) in [5.74, 6) is -0.514. The minimum absolute atomic E-state index is 0.0424. The molecule has 0 heterocycles. The van der Waals surface area contributed by atoms with Crippen LogP contribution in [0.1, 0.15) is 15.9 Å². The van der Waals surface area contributed by atoms with Crippen molar-refractivity contribution in [3.05, 3.63) is 68.9 Å². The van der Waals surface area contributed by atoms with Crippen LogP contribution in [0.2, 0.25) is 5.02 Å². The molecule has 0 saturated heterocycles. The lowest BCUT2D eigenvalue weighted by Gasteiger charge is -2.04. The van der Waals surface area contributed by atoms with Crippen molar-refractivity contribution in [3.8, 4) is 0 Å². The molecule has 92 valence electrons. The van der Waals surface area contributed by atoms with Crippen LogP contribution in [-0.4, -0.2) is 5.78 Å². The maximum Gasteiger partial charge on any atom is 0.167 e. The van der Waals surface area contributed by atoms with E-state index in [4.69, 9.17) is 11.6 Å². The molecule has 0 N–H and O–H groups in total. The van der Waals surface area contributed by atoms with E-state index in [1.807, 2.05) is 0 Å². The lowest BCUT2D eigenvalue weighted by atomic mass is 10.0. The quantitative estimate of drug-likeness (QED) is 0.749. The molecule has 2 aromatic rings. The molecule has 0 aliphatic carbocycles. The van der Waals surface area contributed by atoms with Crippen molar-refractivity contribution >= 4 is 33.3 Å². The van der Waals surface area contributed by atoms with Crippen LogP contribution >= 0.6 is 27.5 Å². The Morgan fingerprint density at radius 2 is 1.83 bits per heavy atom. The van der Waals surface area contributed by atoms with E-state index in [0.717, 1.165) is 0 Å². The first-order valence-corrected chi connectivity index (χ1v) is 6.46. The van der Waals surface area contributed by atoms with Gasteiger partial charge in [0.05, 0.1) is 0 Å². The van der Waals surface area contributed by atoms with Crippen molar-refractivity contribution < 1.29 is 9.18 Å². The predicted molar refractivity (Wildman–Crippen MR) is 73.6 cm³/mol. The van der Waals surface area contributed by atoms with Crippen LogP contribution in [-0.2, 0) is 6.42 Å². The van der Waals surface area contributed by atoms with Gasteiger partial charge in [0.25, 0.3) is 0 Å². The zero-order valence-electron chi connectivity index (χ0n) is 9.29. The largest absolute Gasteiger partial charge is 0.294 e. The van der Waals surface area contributed by atoms with E-state index < -0.39 is 0 Å². The van der Waals surface area contributed by atoms with Crippen LogP contribution in [0.4, 0.5) is 4.39 Å². The van der Waals surface area contributed by atoms with Crippen molar-refractivity contribution in [2.24, 2.45) is 0 Å². The molecule has 2 aromatic carbocycles. The van der Waals surface area contributed by atoms with Crippen LogP contribution < -0.4 is 0 Å². The summed E-state index contributed by atoms with van der Waals surface area (Å²) in [5.41, 5.74) is 0.917. The molecular formula is C14H9BrClFO. The van der Waals surface area contributed by atoms with Crippen LogP contribution in [0, 0.1) is 5.82 Å². The molecule has 0 saturated carbocycles. The molecule has 2 rings (SSSR count). The fraction of sp³-hybridized carbons (Fsp3) is 0.0714. The molecule has 0 amide bonds. The second kappa shape index (κ2) is 5.63. The smallest absolute Gasteiger partial charge is 0.167 e. The molecule has 0 aromatic heterocycles. The summed E-state index contributed by atoms with van der Waals surface area (Å²) in [6.45, 7) is 0. The summed E-state index contributed by atoms with van der Waals surface area (Å²) in [4.78, 5) is 11.9. The van der Waals surface area contributed by atoms with Gasteiger partial charge in [-0.15, -0.1) is 0 Å². The van der Waals surface area contributed by atoms with Gasteiger partial charge in [0.1, 0.15) is 5.82 Å². The normalized spacial score (nSPS) is 10.4. The van der Waals surface area contributed by atoms with Gasteiger partial charge >= 0.3 is 0 Å². The number of carbonyl (C=O) groups is 1. The highest BCUT2D eigenvalue weighted by Crippen LogP contribution is 2.18. The zero-order valence-corrected chi connectivity index (χ0v) is 11.6. The maximum atomic E-state index is 13.6. The molecule has 0 fully saturated rings. The van der Waals surface area contributed by atoms with E-state index in [2.05, 4.69) is 15.9 Å². The molecule has 0 aliphatic rings. The first-order chi connectivity index (χ1) is 8.56. The lowest BCUT2D eigenvalue weighted by molar-refractivity contribution is 0.0992. The Kier molecular flexibility index (Phi) is 4.15. The summed E-state index contributed by atoms with van der Waals surface area (Å²) in [6, 6.07) is 11.2. The molecular weight excluding hydrogens is 319 g/mol. The Balaban J connectivity index is 2.18. The minimum Gasteiger partial charge on any atom is -0.294 e. The fourth-order valence-corrected chi connectivity index (χ4v) is 2.04. The molecule has 0 spiro atoms.